The first kappa shape index (κ1) is 19.6. The van der Waals surface area contributed by atoms with Crippen molar-refractivity contribution in [1.29, 1.82) is 0 Å². The van der Waals surface area contributed by atoms with Crippen molar-refractivity contribution in [2.45, 2.75) is 44.1 Å². The van der Waals surface area contributed by atoms with Crippen molar-refractivity contribution in [1.82, 2.24) is 9.98 Å². The molecule has 1 aliphatic heterocycles. The quantitative estimate of drug-likeness (QED) is 0.494. The van der Waals surface area contributed by atoms with Crippen molar-refractivity contribution in [3.05, 3.63) is 47.5 Å². The van der Waals surface area contributed by atoms with Gasteiger partial charge in [-0.25, -0.2) is 0 Å². The smallest absolute Gasteiger partial charge is 0.334 e. The minimum Gasteiger partial charge on any atom is -0.481 e. The summed E-state index contributed by atoms with van der Waals surface area (Å²) in [6, 6.07) is 7.89. The molecule has 28 heavy (non-hydrogen) atoms. The van der Waals surface area contributed by atoms with E-state index < -0.39 is 11.5 Å². The summed E-state index contributed by atoms with van der Waals surface area (Å²) in [5, 5.41) is 11.7. The fourth-order valence-corrected chi connectivity index (χ4v) is 3.51. The van der Waals surface area contributed by atoms with E-state index in [-0.39, 0.29) is 43.7 Å². The second kappa shape index (κ2) is 8.23. The van der Waals surface area contributed by atoms with Crippen LogP contribution in [0.1, 0.15) is 49.7 Å². The third-order valence-electron chi connectivity index (χ3n) is 4.96. The topological polar surface area (TPSA) is 107 Å². The lowest BCUT2D eigenvalue weighted by molar-refractivity contribution is -0.144. The lowest BCUT2D eigenvalue weighted by Crippen LogP contribution is -2.40. The van der Waals surface area contributed by atoms with Gasteiger partial charge in [-0.3, -0.25) is 14.4 Å². The van der Waals surface area contributed by atoms with Gasteiger partial charge < -0.3 is 15.2 Å². The number of esters is 1. The summed E-state index contributed by atoms with van der Waals surface area (Å²) in [4.78, 5) is 35.0. The Hall–Kier alpha value is -3.18. The highest BCUT2D eigenvalue weighted by Gasteiger charge is 2.57. The van der Waals surface area contributed by atoms with E-state index >= 15 is 0 Å². The van der Waals surface area contributed by atoms with E-state index in [2.05, 4.69) is 9.98 Å². The third-order valence-corrected chi connectivity index (χ3v) is 4.96. The van der Waals surface area contributed by atoms with Crippen LogP contribution in [0.4, 0.5) is 0 Å². The summed E-state index contributed by atoms with van der Waals surface area (Å²) < 4.78 is 9.33. The molecule has 1 amide bonds. The first-order chi connectivity index (χ1) is 13.4. The molecular formula is C21H23N2O5+. The molecule has 1 fully saturated rings. The Balaban J connectivity index is 1.73. The van der Waals surface area contributed by atoms with E-state index in [4.69, 9.17) is 9.84 Å². The lowest BCUT2D eigenvalue weighted by Gasteiger charge is -2.19. The highest BCUT2D eigenvalue weighted by molar-refractivity contribution is 6.13. The number of nitrogens with zero attached hydrogens (tertiary/aromatic N) is 1. The summed E-state index contributed by atoms with van der Waals surface area (Å²) in [5.74, 6) is -1.79. The molecule has 3 rings (SSSR count). The number of rotatable bonds is 9. The predicted octanol–water partition coefficient (Wildman–Crippen LogP) is 1.34. The fourth-order valence-electron chi connectivity index (χ4n) is 3.51. The number of hydrogen-bond acceptors (Lipinski definition) is 4. The number of amides is 1. The van der Waals surface area contributed by atoms with Crippen LogP contribution in [0.3, 0.4) is 0 Å². The molecule has 2 aliphatic rings. The van der Waals surface area contributed by atoms with Gasteiger partial charge in [-0.05, 0) is 31.0 Å². The summed E-state index contributed by atoms with van der Waals surface area (Å²) in [6.07, 6.45) is 5.86. The van der Waals surface area contributed by atoms with Crippen molar-refractivity contribution in [3.63, 3.8) is 0 Å². The van der Waals surface area contributed by atoms with E-state index in [1.165, 1.54) is 0 Å². The zero-order chi connectivity index (χ0) is 20.1. The number of nitrogens with one attached hydrogen (secondary N) is 1. The normalized spacial score (nSPS) is 21.9. The molecule has 1 aromatic carbocycles. The van der Waals surface area contributed by atoms with Crippen LogP contribution in [0, 0.1) is 0 Å². The molecule has 1 aromatic rings. The molecule has 7 heteroatoms. The van der Waals surface area contributed by atoms with Crippen LogP contribution in [0.15, 0.2) is 36.4 Å². The highest BCUT2D eigenvalue weighted by Crippen LogP contribution is 2.54. The van der Waals surface area contributed by atoms with Crippen molar-refractivity contribution in [3.8, 4) is 0 Å². The van der Waals surface area contributed by atoms with Gasteiger partial charge in [0.1, 0.15) is 0 Å². The van der Waals surface area contributed by atoms with Crippen molar-refractivity contribution >= 4 is 29.8 Å². The number of aliphatic carboxylic acids is 1. The van der Waals surface area contributed by atoms with Crippen LogP contribution < -0.4 is 9.98 Å². The predicted molar refractivity (Wildman–Crippen MR) is 104 cm³/mol. The molecule has 1 unspecified atom stereocenters. The largest absolute Gasteiger partial charge is 0.481 e. The van der Waals surface area contributed by atoms with Gasteiger partial charge in [0.05, 0.1) is 30.6 Å². The lowest BCUT2D eigenvalue weighted by atomic mass is 10.0. The van der Waals surface area contributed by atoms with Crippen molar-refractivity contribution in [2.75, 3.05) is 6.61 Å². The summed E-state index contributed by atoms with van der Waals surface area (Å²) in [7, 11) is 0. The maximum atomic E-state index is 12.2. The Kier molecular flexibility index (Phi) is 5.76. The van der Waals surface area contributed by atoms with Crippen molar-refractivity contribution < 1.29 is 24.2 Å². The number of carbonyl (C=O) groups excluding carboxylic acids is 2. The van der Waals surface area contributed by atoms with Gasteiger partial charge in [-0.1, -0.05) is 16.8 Å². The average Bonchev–Trinajstić information content (AvgIpc) is 3.08. The van der Waals surface area contributed by atoms with E-state index in [0.29, 0.717) is 6.42 Å². The zero-order valence-electron chi connectivity index (χ0n) is 15.7. The second-order valence-electron chi connectivity index (χ2n) is 6.98. The molecule has 0 spiro atoms. The zero-order valence-corrected chi connectivity index (χ0v) is 15.7. The molecule has 2 atom stereocenters. The first-order valence-corrected chi connectivity index (χ1v) is 9.30. The molecule has 0 saturated heterocycles. The Morgan fingerprint density at radius 2 is 2.00 bits per heavy atom. The number of carboxylic acids is 1. The minimum atomic E-state index is -1.03. The number of hydrogen-bond donors (Lipinski definition) is 2. The van der Waals surface area contributed by atoms with Crippen LogP contribution in [0.2, 0.25) is 0 Å². The van der Waals surface area contributed by atoms with Gasteiger partial charge in [-0.15, -0.1) is 0 Å². The standard InChI is InChI=1S/C21H22N2O5/c1-2-28-20(27)13-21(23-18(24)9-10-19(25)26)12-16(21)14-5-7-15(8-6-14)17-4-3-11-22-17/h3-8,11,16H,2,9-10,12-13H2,1H3,(H-,23,24,25,26)/p+1/t16?,21-/m1/s1. The molecule has 146 valence electrons. The monoisotopic (exact) mass is 383 g/mol. The van der Waals surface area contributed by atoms with E-state index in [0.717, 1.165) is 16.8 Å². The molecule has 1 saturated carbocycles. The third kappa shape index (κ3) is 4.56. The minimum absolute atomic E-state index is 0.0210. The number of benzene rings is 1. The number of carbonyl (C=O) groups is 3. The number of allylic oxidation sites excluding steroid dienone is 2. The van der Waals surface area contributed by atoms with Gasteiger partial charge in [0, 0.05) is 24.5 Å². The Morgan fingerprint density at radius 3 is 2.61 bits per heavy atom. The summed E-state index contributed by atoms with van der Waals surface area (Å²) in [6.45, 7) is 2.00. The number of ether oxygens (including phenoxy) is 1. The van der Waals surface area contributed by atoms with Crippen molar-refractivity contribution in [2.24, 2.45) is 0 Å². The van der Waals surface area contributed by atoms with Gasteiger partial charge in [-0.2, -0.15) is 0 Å². The maximum Gasteiger partial charge on any atom is 0.334 e. The molecule has 2 N–H and O–H groups in total. The summed E-state index contributed by atoms with van der Waals surface area (Å²) >= 11 is 0. The fraction of sp³-hybridized carbons (Fsp3) is 0.381. The van der Waals surface area contributed by atoms with Crippen LogP contribution in [-0.2, 0) is 19.1 Å². The van der Waals surface area contributed by atoms with Gasteiger partial charge >= 0.3 is 17.7 Å². The van der Waals surface area contributed by atoms with Gasteiger partial charge in [0.2, 0.25) is 5.91 Å². The van der Waals surface area contributed by atoms with E-state index in [1.807, 2.05) is 36.4 Å². The number of carboxylic acid groups (broad SMARTS) is 1. The molecule has 1 aliphatic carbocycles. The van der Waals surface area contributed by atoms with Gasteiger partial charge in [0.15, 0.2) is 0 Å². The average molecular weight is 383 g/mol. The molecule has 0 aromatic heterocycles. The molecule has 1 heterocycles. The maximum absolute atomic E-state index is 12.2. The second-order valence-corrected chi connectivity index (χ2v) is 6.98. The Morgan fingerprint density at radius 1 is 1.25 bits per heavy atom. The molecule has 0 bridgehead atoms. The molecule has 7 nitrogen and oxygen atoms in total. The Labute approximate surface area is 162 Å². The van der Waals surface area contributed by atoms with Crippen LogP contribution in [-0.4, -0.2) is 47.0 Å². The summed E-state index contributed by atoms with van der Waals surface area (Å²) in [5.41, 5.74) is 2.18. The highest BCUT2D eigenvalue weighted by atomic mass is 16.5. The Bertz CT molecular complexity index is 881. The first-order valence-electron chi connectivity index (χ1n) is 9.30. The SMILES string of the molecule is CCOC(=O)C[C@]1(NC(=O)CCC(=O)O)CC1c1ccc(C2=[N+]=CC=C2)cc1. The molecule has 0 radical (unpaired) electrons. The van der Waals surface area contributed by atoms with E-state index in [9.17, 15) is 14.4 Å². The van der Waals surface area contributed by atoms with Crippen LogP contribution >= 0.6 is 0 Å². The van der Waals surface area contributed by atoms with E-state index in [1.54, 1.807) is 13.1 Å². The van der Waals surface area contributed by atoms with Crippen LogP contribution in [0.25, 0.3) is 0 Å². The van der Waals surface area contributed by atoms with Gasteiger partial charge in [0.25, 0.3) is 6.21 Å². The van der Waals surface area contributed by atoms with Crippen LogP contribution in [0.5, 0.6) is 0 Å². The molecular weight excluding hydrogens is 360 g/mol.